The van der Waals surface area contributed by atoms with E-state index in [9.17, 15) is 4.79 Å². The minimum absolute atomic E-state index is 0.151. The Bertz CT molecular complexity index is 406. The maximum Gasteiger partial charge on any atom is 0.414 e. The molecule has 126 valence electrons. The highest BCUT2D eigenvalue weighted by Crippen LogP contribution is 2.28. The monoisotopic (exact) mass is 316 g/mol. The molecule has 2 rings (SSSR count). The Morgan fingerprint density at radius 2 is 1.64 bits per heavy atom. The molecule has 2 unspecified atom stereocenters. The van der Waals surface area contributed by atoms with Crippen molar-refractivity contribution in [2.75, 3.05) is 26.2 Å². The predicted octanol–water partition coefficient (Wildman–Crippen LogP) is 0.618. The highest BCUT2D eigenvalue weighted by Gasteiger charge is 2.37. The van der Waals surface area contributed by atoms with E-state index in [1.807, 2.05) is 25.7 Å². The van der Waals surface area contributed by atoms with Crippen LogP contribution in [-0.4, -0.2) is 64.9 Å². The number of likely N-dealkylation sites (tertiary alicyclic amines) is 1. The van der Waals surface area contributed by atoms with Crippen molar-refractivity contribution >= 4 is 18.0 Å². The van der Waals surface area contributed by atoms with Crippen LogP contribution >= 0.6 is 0 Å². The zero-order valence-corrected chi connectivity index (χ0v) is 13.2. The molecule has 0 saturated carbocycles. The van der Waals surface area contributed by atoms with E-state index in [-0.39, 0.29) is 11.7 Å². The smallest absolute Gasteiger partial charge is 0.414 e. The van der Waals surface area contributed by atoms with E-state index in [0.29, 0.717) is 11.8 Å². The van der Waals surface area contributed by atoms with E-state index in [1.165, 1.54) is 6.42 Å². The fourth-order valence-electron chi connectivity index (χ4n) is 2.55. The summed E-state index contributed by atoms with van der Waals surface area (Å²) in [5, 5.41) is 18.2. The number of nitrogens with zero attached hydrogens (tertiary/aromatic N) is 1. The van der Waals surface area contributed by atoms with Crippen LogP contribution in [0.3, 0.4) is 0 Å². The van der Waals surface area contributed by atoms with Crippen molar-refractivity contribution in [1.29, 1.82) is 0 Å². The third-order valence-electron chi connectivity index (χ3n) is 3.51. The molecule has 2 atom stereocenters. The van der Waals surface area contributed by atoms with Crippen molar-refractivity contribution < 1.29 is 29.3 Å². The highest BCUT2D eigenvalue weighted by atomic mass is 16.6. The SMILES string of the molecule is CC(C)(C)OC(=O)N1CC2CCNCC2C1.O=C(O)C(=O)O. The molecule has 8 nitrogen and oxygen atoms in total. The van der Waals surface area contributed by atoms with Gasteiger partial charge in [-0.3, -0.25) is 0 Å². The number of carbonyl (C=O) groups excluding carboxylic acids is 1. The predicted molar refractivity (Wildman–Crippen MR) is 77.5 cm³/mol. The van der Waals surface area contributed by atoms with Crippen molar-refractivity contribution in [1.82, 2.24) is 10.2 Å². The molecule has 2 aliphatic rings. The molecular weight excluding hydrogens is 292 g/mol. The third-order valence-corrected chi connectivity index (χ3v) is 3.51. The number of carboxylic acids is 2. The Labute approximate surface area is 129 Å². The minimum Gasteiger partial charge on any atom is -0.473 e. The summed E-state index contributed by atoms with van der Waals surface area (Å²) in [6.07, 6.45) is 1.03. The zero-order valence-electron chi connectivity index (χ0n) is 13.2. The zero-order chi connectivity index (χ0) is 16.9. The van der Waals surface area contributed by atoms with Crippen LogP contribution < -0.4 is 5.32 Å². The average Bonchev–Trinajstić information content (AvgIpc) is 2.81. The molecule has 2 aliphatic heterocycles. The number of hydrogen-bond acceptors (Lipinski definition) is 5. The van der Waals surface area contributed by atoms with Crippen molar-refractivity contribution in [3.8, 4) is 0 Å². The van der Waals surface area contributed by atoms with E-state index >= 15 is 0 Å². The molecule has 0 bridgehead atoms. The standard InChI is InChI=1S/C12H22N2O2.C2H2O4/c1-12(2,3)16-11(15)14-7-9-4-5-13-6-10(9)8-14;3-1(4)2(5)6/h9-10,13H,4-8H2,1-3H3;(H,3,4)(H,5,6). The fourth-order valence-corrected chi connectivity index (χ4v) is 2.55. The van der Waals surface area contributed by atoms with Gasteiger partial charge in [0.15, 0.2) is 0 Å². The number of aliphatic carboxylic acids is 2. The normalized spacial score (nSPS) is 23.9. The molecule has 22 heavy (non-hydrogen) atoms. The maximum absolute atomic E-state index is 11.9. The largest absolute Gasteiger partial charge is 0.473 e. The molecule has 0 aromatic heterocycles. The van der Waals surface area contributed by atoms with E-state index < -0.39 is 11.9 Å². The highest BCUT2D eigenvalue weighted by molar-refractivity contribution is 6.27. The second kappa shape index (κ2) is 7.44. The van der Waals surface area contributed by atoms with Crippen molar-refractivity contribution in [2.45, 2.75) is 32.8 Å². The van der Waals surface area contributed by atoms with Gasteiger partial charge in [-0.25, -0.2) is 14.4 Å². The molecule has 0 radical (unpaired) electrons. The Hall–Kier alpha value is -1.83. The van der Waals surface area contributed by atoms with Crippen molar-refractivity contribution in [3.63, 3.8) is 0 Å². The quantitative estimate of drug-likeness (QED) is 0.561. The van der Waals surface area contributed by atoms with Crippen LogP contribution in [0.5, 0.6) is 0 Å². The van der Waals surface area contributed by atoms with Crippen molar-refractivity contribution in [2.24, 2.45) is 11.8 Å². The fraction of sp³-hybridized carbons (Fsp3) is 0.786. The van der Waals surface area contributed by atoms with Crippen LogP contribution in [0.1, 0.15) is 27.2 Å². The lowest BCUT2D eigenvalue weighted by molar-refractivity contribution is -0.159. The summed E-state index contributed by atoms with van der Waals surface area (Å²) in [7, 11) is 0. The van der Waals surface area contributed by atoms with Gasteiger partial charge < -0.3 is 25.2 Å². The average molecular weight is 316 g/mol. The van der Waals surface area contributed by atoms with E-state index in [4.69, 9.17) is 24.5 Å². The molecule has 8 heteroatoms. The minimum atomic E-state index is -1.82. The number of carboxylic acid groups (broad SMARTS) is 2. The van der Waals surface area contributed by atoms with Gasteiger partial charge in [0.1, 0.15) is 5.60 Å². The van der Waals surface area contributed by atoms with Crippen LogP contribution in [-0.2, 0) is 14.3 Å². The lowest BCUT2D eigenvalue weighted by atomic mass is 9.90. The van der Waals surface area contributed by atoms with E-state index in [2.05, 4.69) is 5.32 Å². The third kappa shape index (κ3) is 5.88. The van der Waals surface area contributed by atoms with Gasteiger partial charge in [-0.05, 0) is 52.1 Å². The molecule has 0 aromatic rings. The molecule has 1 amide bonds. The van der Waals surface area contributed by atoms with E-state index in [1.54, 1.807) is 0 Å². The summed E-state index contributed by atoms with van der Waals surface area (Å²) in [5.74, 6) is -2.35. The van der Waals surface area contributed by atoms with Gasteiger partial charge >= 0.3 is 18.0 Å². The first-order valence-electron chi connectivity index (χ1n) is 7.25. The van der Waals surface area contributed by atoms with Crippen LogP contribution in [0.4, 0.5) is 4.79 Å². The number of piperidine rings is 1. The summed E-state index contributed by atoms with van der Waals surface area (Å²) in [6.45, 7) is 9.60. The number of ether oxygens (including phenoxy) is 1. The summed E-state index contributed by atoms with van der Waals surface area (Å²) in [4.78, 5) is 32.0. The van der Waals surface area contributed by atoms with Gasteiger partial charge in [0.2, 0.25) is 0 Å². The second-order valence-corrected chi connectivity index (χ2v) is 6.51. The van der Waals surface area contributed by atoms with Gasteiger partial charge in [-0.2, -0.15) is 0 Å². The molecule has 2 fully saturated rings. The second-order valence-electron chi connectivity index (χ2n) is 6.51. The van der Waals surface area contributed by atoms with Gasteiger partial charge in [0.25, 0.3) is 0 Å². The van der Waals surface area contributed by atoms with Gasteiger partial charge in [0.05, 0.1) is 0 Å². The number of rotatable bonds is 0. The Morgan fingerprint density at radius 1 is 1.09 bits per heavy atom. The van der Waals surface area contributed by atoms with E-state index in [0.717, 1.165) is 26.2 Å². The number of amides is 1. The number of hydrogen-bond donors (Lipinski definition) is 3. The maximum atomic E-state index is 11.9. The Balaban J connectivity index is 0.000000346. The van der Waals surface area contributed by atoms with Gasteiger partial charge in [-0.1, -0.05) is 0 Å². The summed E-state index contributed by atoms with van der Waals surface area (Å²) < 4.78 is 5.39. The van der Waals surface area contributed by atoms with Crippen LogP contribution in [0.15, 0.2) is 0 Å². The molecule has 0 aromatic carbocycles. The summed E-state index contributed by atoms with van der Waals surface area (Å²) in [6, 6.07) is 0. The molecule has 2 heterocycles. The topological polar surface area (TPSA) is 116 Å². The number of carbonyl (C=O) groups is 3. The molecule has 3 N–H and O–H groups in total. The molecule has 0 aliphatic carbocycles. The van der Waals surface area contributed by atoms with Gasteiger partial charge in [0, 0.05) is 13.1 Å². The van der Waals surface area contributed by atoms with Crippen LogP contribution in [0.25, 0.3) is 0 Å². The first-order valence-corrected chi connectivity index (χ1v) is 7.25. The van der Waals surface area contributed by atoms with Crippen molar-refractivity contribution in [3.05, 3.63) is 0 Å². The summed E-state index contributed by atoms with van der Waals surface area (Å²) in [5.41, 5.74) is -0.386. The van der Waals surface area contributed by atoms with Crippen LogP contribution in [0.2, 0.25) is 0 Å². The number of fused-ring (bicyclic) bond motifs is 1. The number of nitrogens with one attached hydrogen (secondary N) is 1. The molecule has 0 spiro atoms. The van der Waals surface area contributed by atoms with Crippen LogP contribution in [0, 0.1) is 11.8 Å². The Kier molecular flexibility index (Phi) is 6.16. The lowest BCUT2D eigenvalue weighted by Crippen LogP contribution is -2.36. The summed E-state index contributed by atoms with van der Waals surface area (Å²) >= 11 is 0. The molecular formula is C14H24N2O6. The molecule has 2 saturated heterocycles. The first-order chi connectivity index (χ1) is 10.1. The lowest BCUT2D eigenvalue weighted by Gasteiger charge is -2.24. The first kappa shape index (κ1) is 18.2. The Morgan fingerprint density at radius 3 is 2.09 bits per heavy atom. The van der Waals surface area contributed by atoms with Gasteiger partial charge in [-0.15, -0.1) is 0 Å².